The lowest BCUT2D eigenvalue weighted by Gasteiger charge is -2.31. The summed E-state index contributed by atoms with van der Waals surface area (Å²) in [5.41, 5.74) is 0.508. The molecule has 0 aliphatic heterocycles. The highest BCUT2D eigenvalue weighted by molar-refractivity contribution is 9.10. The SMILES string of the molecule is CNC(=O)C(C)N(Cc1cccc(Br)c1)C(=O)CN(c1ccccc1F)S(C)(=O)=O. The maximum absolute atomic E-state index is 14.3. The maximum atomic E-state index is 14.3. The zero-order valence-electron chi connectivity index (χ0n) is 16.8. The molecule has 0 saturated heterocycles. The lowest BCUT2D eigenvalue weighted by molar-refractivity contribution is -0.139. The first kappa shape index (κ1) is 23.8. The fourth-order valence-corrected chi connectivity index (χ4v) is 4.17. The van der Waals surface area contributed by atoms with E-state index in [4.69, 9.17) is 0 Å². The van der Waals surface area contributed by atoms with Crippen LogP contribution in [0.4, 0.5) is 10.1 Å². The summed E-state index contributed by atoms with van der Waals surface area (Å²) in [5.74, 6) is -1.82. The number of sulfonamides is 1. The van der Waals surface area contributed by atoms with E-state index in [0.717, 1.165) is 22.4 Å². The summed E-state index contributed by atoms with van der Waals surface area (Å²) < 4.78 is 40.4. The van der Waals surface area contributed by atoms with Gasteiger partial charge in [0.15, 0.2) is 0 Å². The molecular formula is C20H23BrFN3O4S. The molecule has 1 atom stereocenters. The number of para-hydroxylation sites is 1. The van der Waals surface area contributed by atoms with E-state index in [-0.39, 0.29) is 12.2 Å². The first-order valence-electron chi connectivity index (χ1n) is 9.02. The minimum absolute atomic E-state index is 0.0712. The van der Waals surface area contributed by atoms with Gasteiger partial charge in [0.05, 0.1) is 11.9 Å². The Morgan fingerprint density at radius 2 is 1.83 bits per heavy atom. The Balaban J connectivity index is 2.40. The average molecular weight is 500 g/mol. The molecule has 162 valence electrons. The maximum Gasteiger partial charge on any atom is 0.244 e. The third-order valence-corrected chi connectivity index (χ3v) is 6.08. The number of amides is 2. The topological polar surface area (TPSA) is 86.8 Å². The molecule has 0 fully saturated rings. The second-order valence-corrected chi connectivity index (χ2v) is 9.49. The van der Waals surface area contributed by atoms with Crippen LogP contribution in [0.5, 0.6) is 0 Å². The summed E-state index contributed by atoms with van der Waals surface area (Å²) in [7, 11) is -2.52. The summed E-state index contributed by atoms with van der Waals surface area (Å²) in [6.45, 7) is 0.972. The van der Waals surface area contributed by atoms with Crippen molar-refractivity contribution in [3.63, 3.8) is 0 Å². The Morgan fingerprint density at radius 1 is 1.17 bits per heavy atom. The summed E-state index contributed by atoms with van der Waals surface area (Å²) in [5, 5.41) is 2.49. The molecule has 0 spiro atoms. The van der Waals surface area contributed by atoms with Crippen LogP contribution in [-0.2, 0) is 26.2 Å². The number of rotatable bonds is 8. The molecule has 0 aliphatic carbocycles. The zero-order chi connectivity index (χ0) is 22.5. The lowest BCUT2D eigenvalue weighted by atomic mass is 10.1. The molecule has 1 N–H and O–H groups in total. The number of anilines is 1. The third-order valence-electron chi connectivity index (χ3n) is 4.46. The van der Waals surface area contributed by atoms with Crippen LogP contribution in [0.3, 0.4) is 0 Å². The van der Waals surface area contributed by atoms with Gasteiger partial charge in [-0.1, -0.05) is 40.2 Å². The second-order valence-electron chi connectivity index (χ2n) is 6.66. The molecular weight excluding hydrogens is 477 g/mol. The molecule has 7 nitrogen and oxygen atoms in total. The molecule has 0 aliphatic rings. The van der Waals surface area contributed by atoms with Gasteiger partial charge >= 0.3 is 0 Å². The molecule has 0 aromatic heterocycles. The van der Waals surface area contributed by atoms with E-state index in [1.54, 1.807) is 25.1 Å². The number of hydrogen-bond donors (Lipinski definition) is 1. The summed E-state index contributed by atoms with van der Waals surface area (Å²) in [6.07, 6.45) is 0.896. The molecule has 0 saturated carbocycles. The molecule has 2 aromatic carbocycles. The van der Waals surface area contributed by atoms with E-state index in [9.17, 15) is 22.4 Å². The first-order valence-corrected chi connectivity index (χ1v) is 11.7. The van der Waals surface area contributed by atoms with E-state index in [0.29, 0.717) is 4.31 Å². The van der Waals surface area contributed by atoms with E-state index >= 15 is 0 Å². The zero-order valence-corrected chi connectivity index (χ0v) is 19.2. The summed E-state index contributed by atoms with van der Waals surface area (Å²) in [4.78, 5) is 26.6. The highest BCUT2D eigenvalue weighted by Gasteiger charge is 2.30. The van der Waals surface area contributed by atoms with Gasteiger partial charge in [0, 0.05) is 18.1 Å². The standard InChI is InChI=1S/C20H23BrFN3O4S/c1-14(20(27)23-2)24(12-15-7-6-8-16(21)11-15)19(26)13-25(30(3,28)29)18-10-5-4-9-17(18)22/h4-11,14H,12-13H2,1-3H3,(H,23,27). The van der Waals surface area contributed by atoms with Gasteiger partial charge in [-0.25, -0.2) is 12.8 Å². The average Bonchev–Trinajstić information content (AvgIpc) is 2.69. The number of hydrogen-bond acceptors (Lipinski definition) is 4. The fourth-order valence-electron chi connectivity index (χ4n) is 2.87. The largest absolute Gasteiger partial charge is 0.357 e. The van der Waals surface area contributed by atoms with Gasteiger partial charge in [0.25, 0.3) is 0 Å². The number of nitrogens with zero attached hydrogens (tertiary/aromatic N) is 2. The van der Waals surface area contributed by atoms with E-state index in [1.165, 1.54) is 30.1 Å². The third kappa shape index (κ3) is 6.02. The molecule has 30 heavy (non-hydrogen) atoms. The van der Waals surface area contributed by atoms with Crippen molar-refractivity contribution in [2.75, 3.05) is 24.2 Å². The Labute approximate surface area is 184 Å². The Bertz CT molecular complexity index is 1030. The number of nitrogens with one attached hydrogen (secondary N) is 1. The van der Waals surface area contributed by atoms with Gasteiger partial charge in [-0.2, -0.15) is 0 Å². The predicted octanol–water partition coefficient (Wildman–Crippen LogP) is 2.52. The number of halogens is 2. The van der Waals surface area contributed by atoms with Crippen LogP contribution in [0.1, 0.15) is 12.5 Å². The fraction of sp³-hybridized carbons (Fsp3) is 0.300. The van der Waals surface area contributed by atoms with E-state index in [2.05, 4.69) is 21.2 Å². The molecule has 0 bridgehead atoms. The second kappa shape index (κ2) is 10.0. The van der Waals surface area contributed by atoms with Crippen LogP contribution in [0, 0.1) is 5.82 Å². The first-order chi connectivity index (χ1) is 14.0. The van der Waals surface area contributed by atoms with Crippen molar-refractivity contribution in [2.45, 2.75) is 19.5 Å². The van der Waals surface area contributed by atoms with Crippen LogP contribution < -0.4 is 9.62 Å². The molecule has 2 amide bonds. The van der Waals surface area contributed by atoms with Crippen LogP contribution in [0.2, 0.25) is 0 Å². The van der Waals surface area contributed by atoms with Crippen LogP contribution in [0.15, 0.2) is 53.0 Å². The van der Waals surface area contributed by atoms with Gasteiger partial charge in [-0.05, 0) is 36.8 Å². The number of benzene rings is 2. The molecule has 0 radical (unpaired) electrons. The van der Waals surface area contributed by atoms with Crippen molar-refractivity contribution in [3.8, 4) is 0 Å². The van der Waals surface area contributed by atoms with Crippen molar-refractivity contribution in [2.24, 2.45) is 0 Å². The van der Waals surface area contributed by atoms with Crippen molar-refractivity contribution < 1.29 is 22.4 Å². The quantitative estimate of drug-likeness (QED) is 0.604. The monoisotopic (exact) mass is 499 g/mol. The van der Waals surface area contributed by atoms with Gasteiger partial charge in [0.2, 0.25) is 21.8 Å². The Morgan fingerprint density at radius 3 is 2.40 bits per heavy atom. The smallest absolute Gasteiger partial charge is 0.244 e. The number of carbonyl (C=O) groups excluding carboxylic acids is 2. The Kier molecular flexibility index (Phi) is 7.96. The van der Waals surface area contributed by atoms with E-state index < -0.39 is 40.2 Å². The van der Waals surface area contributed by atoms with Gasteiger partial charge < -0.3 is 10.2 Å². The van der Waals surface area contributed by atoms with Crippen molar-refractivity contribution in [1.29, 1.82) is 0 Å². The van der Waals surface area contributed by atoms with Crippen LogP contribution in [0.25, 0.3) is 0 Å². The molecule has 10 heteroatoms. The predicted molar refractivity (Wildman–Crippen MR) is 117 cm³/mol. The van der Waals surface area contributed by atoms with Gasteiger partial charge in [0.1, 0.15) is 18.4 Å². The van der Waals surface area contributed by atoms with Gasteiger partial charge in [-0.15, -0.1) is 0 Å². The molecule has 0 heterocycles. The Hall–Kier alpha value is -2.46. The normalized spacial score (nSPS) is 12.2. The highest BCUT2D eigenvalue weighted by Crippen LogP contribution is 2.22. The highest BCUT2D eigenvalue weighted by atomic mass is 79.9. The van der Waals surface area contributed by atoms with Crippen molar-refractivity contribution in [1.82, 2.24) is 10.2 Å². The van der Waals surface area contributed by atoms with E-state index in [1.807, 2.05) is 6.07 Å². The molecule has 2 aromatic rings. The molecule has 1 unspecified atom stereocenters. The number of carbonyl (C=O) groups is 2. The lowest BCUT2D eigenvalue weighted by Crippen LogP contribution is -2.50. The van der Waals surface area contributed by atoms with Crippen LogP contribution in [-0.4, -0.2) is 51.0 Å². The number of likely N-dealkylation sites (N-methyl/N-ethyl adjacent to an activating group) is 1. The summed E-state index contributed by atoms with van der Waals surface area (Å²) >= 11 is 3.36. The van der Waals surface area contributed by atoms with Crippen molar-refractivity contribution in [3.05, 3.63) is 64.4 Å². The van der Waals surface area contributed by atoms with Crippen LogP contribution >= 0.6 is 15.9 Å². The van der Waals surface area contributed by atoms with Crippen molar-refractivity contribution >= 4 is 43.5 Å². The van der Waals surface area contributed by atoms with Gasteiger partial charge in [-0.3, -0.25) is 13.9 Å². The molecule has 2 rings (SSSR count). The summed E-state index contributed by atoms with van der Waals surface area (Å²) in [6, 6.07) is 11.6. The minimum Gasteiger partial charge on any atom is -0.357 e. The minimum atomic E-state index is -3.96.